The zero-order valence-electron chi connectivity index (χ0n) is 21.8. The number of carboxylic acid groups (broad SMARTS) is 1. The van der Waals surface area contributed by atoms with Crippen molar-refractivity contribution in [2.75, 3.05) is 5.32 Å². The molecule has 2 heterocycles. The number of furan rings is 1. The minimum Gasteiger partial charge on any atom is -0.476 e. The number of hydrogen-bond donors (Lipinski definition) is 3. The van der Waals surface area contributed by atoms with Crippen LogP contribution in [0.15, 0.2) is 70.2 Å². The lowest BCUT2D eigenvalue weighted by Gasteiger charge is -2.16. The van der Waals surface area contributed by atoms with E-state index >= 15 is 0 Å². The number of hydrogen-bond acceptors (Lipinski definition) is 7. The number of benzene rings is 2. The van der Waals surface area contributed by atoms with Gasteiger partial charge >= 0.3 is 5.97 Å². The number of anilines is 1. The van der Waals surface area contributed by atoms with Crippen LogP contribution in [-0.4, -0.2) is 35.2 Å². The average Bonchev–Trinajstić information content (AvgIpc) is 3.52. The van der Waals surface area contributed by atoms with Crippen molar-refractivity contribution in [2.24, 2.45) is 5.92 Å². The Balaban J connectivity index is 1.78. The number of halogens is 1. The minimum atomic E-state index is -4.22. The molecule has 0 aliphatic heterocycles. The summed E-state index contributed by atoms with van der Waals surface area (Å²) in [5.41, 5.74) is 0.574. The van der Waals surface area contributed by atoms with Crippen molar-refractivity contribution in [1.29, 1.82) is 0 Å². The first-order valence-electron chi connectivity index (χ1n) is 12.2. The third-order valence-electron chi connectivity index (χ3n) is 5.68. The third kappa shape index (κ3) is 6.71. The molecule has 4 aromatic rings. The zero-order valence-corrected chi connectivity index (χ0v) is 23.4. The third-order valence-corrected chi connectivity index (χ3v) is 7.35. The molecule has 0 aliphatic rings. The highest BCUT2D eigenvalue weighted by Crippen LogP contribution is 2.35. The van der Waals surface area contributed by atoms with Gasteiger partial charge in [0.2, 0.25) is 21.8 Å². The van der Waals surface area contributed by atoms with Gasteiger partial charge in [-0.2, -0.15) is 9.78 Å². The molecule has 1 amide bonds. The number of sulfonamides is 1. The normalized spacial score (nSPS) is 11.5. The van der Waals surface area contributed by atoms with E-state index < -0.39 is 16.0 Å². The van der Waals surface area contributed by atoms with E-state index in [1.807, 2.05) is 13.8 Å². The number of nitrogens with one attached hydrogen (secondary N) is 2. The van der Waals surface area contributed by atoms with Crippen LogP contribution in [0.1, 0.15) is 42.1 Å². The van der Waals surface area contributed by atoms with Crippen molar-refractivity contribution >= 4 is 39.2 Å². The molecule has 0 atom stereocenters. The Hall–Kier alpha value is -4.13. The largest absolute Gasteiger partial charge is 0.476 e. The monoisotopic (exact) mass is 586 g/mol. The maximum atomic E-state index is 13.5. The molecule has 2 aromatic heterocycles. The molecule has 0 saturated heterocycles. The standard InChI is InChI=1S/C27H27ClN4O7S/c1-16(2)13-24(33)30-19-8-11-22(23(14-19)40(36,37)29-15-21-5-4-12-38-21)39-26-17(3)25(27(34)35)31-32(26)20-9-6-18(28)7-10-20/h4-12,14,16,29H,13,15H2,1-3H3,(H,30,33)(H,34,35). The van der Waals surface area contributed by atoms with Crippen LogP contribution in [0, 0.1) is 12.8 Å². The van der Waals surface area contributed by atoms with Crippen molar-refractivity contribution in [3.05, 3.63) is 82.9 Å². The highest BCUT2D eigenvalue weighted by atomic mass is 35.5. The Labute approximate surface area is 235 Å². The Morgan fingerprint density at radius 1 is 1.15 bits per heavy atom. The van der Waals surface area contributed by atoms with Crippen LogP contribution in [-0.2, 0) is 21.4 Å². The van der Waals surface area contributed by atoms with Gasteiger partial charge in [0.15, 0.2) is 5.69 Å². The molecular formula is C27H27ClN4O7S. The summed E-state index contributed by atoms with van der Waals surface area (Å²) in [5, 5.41) is 17.0. The van der Waals surface area contributed by atoms with Gasteiger partial charge in [-0.3, -0.25) is 4.79 Å². The fourth-order valence-corrected chi connectivity index (χ4v) is 5.06. The molecule has 13 heteroatoms. The first-order valence-corrected chi connectivity index (χ1v) is 14.0. The Morgan fingerprint density at radius 3 is 2.50 bits per heavy atom. The van der Waals surface area contributed by atoms with Gasteiger partial charge in [-0.15, -0.1) is 0 Å². The van der Waals surface area contributed by atoms with Gasteiger partial charge in [0, 0.05) is 22.7 Å². The van der Waals surface area contributed by atoms with E-state index in [0.29, 0.717) is 16.5 Å². The van der Waals surface area contributed by atoms with Crippen molar-refractivity contribution in [3.63, 3.8) is 0 Å². The van der Waals surface area contributed by atoms with E-state index in [1.54, 1.807) is 36.4 Å². The van der Waals surface area contributed by atoms with E-state index in [9.17, 15) is 23.1 Å². The Bertz CT molecular complexity index is 1630. The lowest BCUT2D eigenvalue weighted by molar-refractivity contribution is -0.116. The second-order valence-corrected chi connectivity index (χ2v) is 11.5. The van der Waals surface area contributed by atoms with E-state index in [1.165, 1.54) is 36.1 Å². The summed E-state index contributed by atoms with van der Waals surface area (Å²) in [4.78, 5) is 24.0. The first-order chi connectivity index (χ1) is 18.9. The quantitative estimate of drug-likeness (QED) is 0.212. The Kier molecular flexibility index (Phi) is 8.62. The van der Waals surface area contributed by atoms with Gasteiger partial charge in [0.05, 0.1) is 18.5 Å². The van der Waals surface area contributed by atoms with Crippen molar-refractivity contribution in [2.45, 2.75) is 38.6 Å². The van der Waals surface area contributed by atoms with E-state index in [2.05, 4.69) is 15.1 Å². The summed E-state index contributed by atoms with van der Waals surface area (Å²) in [6, 6.07) is 13.8. The zero-order chi connectivity index (χ0) is 29.0. The molecule has 0 bridgehead atoms. The van der Waals surface area contributed by atoms with E-state index in [0.717, 1.165) is 0 Å². The molecule has 210 valence electrons. The summed E-state index contributed by atoms with van der Waals surface area (Å²) in [5.74, 6) is -1.22. The number of aromatic nitrogens is 2. The molecule has 0 unspecified atom stereocenters. The predicted molar refractivity (Wildman–Crippen MR) is 148 cm³/mol. The average molecular weight is 587 g/mol. The highest BCUT2D eigenvalue weighted by Gasteiger charge is 2.27. The Morgan fingerprint density at radius 2 is 1.88 bits per heavy atom. The summed E-state index contributed by atoms with van der Waals surface area (Å²) in [6.07, 6.45) is 1.66. The van der Waals surface area contributed by atoms with Crippen molar-refractivity contribution in [3.8, 4) is 17.3 Å². The fraction of sp³-hybridized carbons (Fsp3) is 0.222. The van der Waals surface area contributed by atoms with Crippen molar-refractivity contribution < 1.29 is 32.3 Å². The summed E-state index contributed by atoms with van der Waals surface area (Å²) >= 11 is 6.01. The maximum absolute atomic E-state index is 13.5. The second kappa shape index (κ2) is 11.9. The van der Waals surface area contributed by atoms with Gasteiger partial charge in [-0.1, -0.05) is 25.4 Å². The van der Waals surface area contributed by atoms with Gasteiger partial charge < -0.3 is 19.6 Å². The molecule has 40 heavy (non-hydrogen) atoms. The number of nitrogens with zero attached hydrogens (tertiary/aromatic N) is 2. The van der Waals surface area contributed by atoms with Gasteiger partial charge in [0.1, 0.15) is 16.4 Å². The lowest BCUT2D eigenvalue weighted by atomic mass is 10.1. The van der Waals surface area contributed by atoms with Crippen LogP contribution in [0.25, 0.3) is 5.69 Å². The molecule has 11 nitrogen and oxygen atoms in total. The van der Waals surface area contributed by atoms with Crippen LogP contribution >= 0.6 is 11.6 Å². The van der Waals surface area contributed by atoms with Gasteiger partial charge in [-0.05, 0) is 67.4 Å². The number of carbonyl (C=O) groups excluding carboxylic acids is 1. The number of rotatable bonds is 11. The van der Waals surface area contributed by atoms with E-state index in [-0.39, 0.29) is 58.3 Å². The van der Waals surface area contributed by atoms with Crippen LogP contribution in [0.2, 0.25) is 5.02 Å². The minimum absolute atomic E-state index is 0.0150. The molecule has 0 fully saturated rings. The number of carbonyl (C=O) groups is 2. The smallest absolute Gasteiger partial charge is 0.356 e. The lowest BCUT2D eigenvalue weighted by Crippen LogP contribution is -2.24. The van der Waals surface area contributed by atoms with Crippen LogP contribution in [0.5, 0.6) is 11.6 Å². The van der Waals surface area contributed by atoms with Crippen LogP contribution < -0.4 is 14.8 Å². The summed E-state index contributed by atoms with van der Waals surface area (Å²) in [7, 11) is -4.22. The van der Waals surface area contributed by atoms with Gasteiger partial charge in [-0.25, -0.2) is 17.9 Å². The van der Waals surface area contributed by atoms with Gasteiger partial charge in [0.25, 0.3) is 0 Å². The number of ether oxygens (including phenoxy) is 1. The van der Waals surface area contributed by atoms with Crippen LogP contribution in [0.3, 0.4) is 0 Å². The summed E-state index contributed by atoms with van der Waals surface area (Å²) in [6.45, 7) is 5.15. The molecule has 0 saturated carbocycles. The molecule has 0 aliphatic carbocycles. The highest BCUT2D eigenvalue weighted by molar-refractivity contribution is 7.89. The number of carboxylic acids is 1. The fourth-order valence-electron chi connectivity index (χ4n) is 3.78. The first kappa shape index (κ1) is 28.9. The van der Waals surface area contributed by atoms with E-state index in [4.69, 9.17) is 20.8 Å². The summed E-state index contributed by atoms with van der Waals surface area (Å²) < 4.78 is 42.0. The predicted octanol–water partition coefficient (Wildman–Crippen LogP) is 5.38. The number of amides is 1. The number of aromatic carboxylic acids is 1. The molecular weight excluding hydrogens is 560 g/mol. The second-order valence-electron chi connectivity index (χ2n) is 9.29. The SMILES string of the molecule is Cc1c(C(=O)O)nn(-c2ccc(Cl)cc2)c1Oc1ccc(NC(=O)CC(C)C)cc1S(=O)(=O)NCc1ccco1. The maximum Gasteiger partial charge on any atom is 0.356 e. The van der Waals surface area contributed by atoms with Crippen molar-refractivity contribution in [1.82, 2.24) is 14.5 Å². The topological polar surface area (TPSA) is 153 Å². The molecule has 2 aromatic carbocycles. The molecule has 0 spiro atoms. The molecule has 0 radical (unpaired) electrons. The molecule has 3 N–H and O–H groups in total. The van der Waals surface area contributed by atoms with Crippen LogP contribution in [0.4, 0.5) is 5.69 Å². The molecule has 4 rings (SSSR count).